The second-order valence-electron chi connectivity index (χ2n) is 4.54. The smallest absolute Gasteiger partial charge is 0.233 e. The molecule has 1 aromatic carbocycles. The first-order chi connectivity index (χ1) is 8.15. The minimum absolute atomic E-state index is 0.0471. The molecular formula is C13H17NO2S. The zero-order valence-electron chi connectivity index (χ0n) is 9.54. The minimum atomic E-state index is -0.324. The van der Waals surface area contributed by atoms with Crippen LogP contribution in [0.3, 0.4) is 0 Å². The van der Waals surface area contributed by atoms with Crippen LogP contribution in [0.15, 0.2) is 30.3 Å². The lowest BCUT2D eigenvalue weighted by atomic mass is 9.89. The van der Waals surface area contributed by atoms with E-state index in [4.69, 9.17) is 5.11 Å². The minimum Gasteiger partial charge on any atom is -0.393 e. The van der Waals surface area contributed by atoms with Gasteiger partial charge in [-0.1, -0.05) is 30.3 Å². The van der Waals surface area contributed by atoms with Crippen LogP contribution in [-0.4, -0.2) is 28.4 Å². The molecule has 1 atom stereocenters. The molecule has 0 aliphatic heterocycles. The highest BCUT2D eigenvalue weighted by atomic mass is 32.1. The molecular weight excluding hydrogens is 234 g/mol. The third-order valence-electron chi connectivity index (χ3n) is 3.03. The molecule has 0 aromatic heterocycles. The number of hydrogen-bond donors (Lipinski definition) is 3. The molecule has 2 rings (SSSR count). The highest BCUT2D eigenvalue weighted by Gasteiger charge is 2.29. The van der Waals surface area contributed by atoms with E-state index in [0.717, 1.165) is 5.56 Å². The summed E-state index contributed by atoms with van der Waals surface area (Å²) in [4.78, 5) is 11.8. The highest BCUT2D eigenvalue weighted by Crippen LogP contribution is 2.20. The lowest BCUT2D eigenvalue weighted by Crippen LogP contribution is -2.49. The molecule has 1 amide bonds. The Morgan fingerprint density at radius 3 is 2.65 bits per heavy atom. The molecule has 0 saturated heterocycles. The fourth-order valence-electron chi connectivity index (χ4n) is 1.93. The Bertz CT molecular complexity index is 376. The summed E-state index contributed by atoms with van der Waals surface area (Å²) >= 11 is 4.32. The van der Waals surface area contributed by atoms with E-state index < -0.39 is 0 Å². The van der Waals surface area contributed by atoms with Gasteiger partial charge in [-0.3, -0.25) is 4.79 Å². The fraction of sp³-hybridized carbons (Fsp3) is 0.462. The molecule has 1 aliphatic carbocycles. The Labute approximate surface area is 107 Å². The second-order valence-corrected chi connectivity index (χ2v) is 5.16. The summed E-state index contributed by atoms with van der Waals surface area (Å²) in [6, 6.07) is 9.97. The van der Waals surface area contributed by atoms with Gasteiger partial charge in [-0.25, -0.2) is 0 Å². The number of aliphatic hydroxyl groups is 1. The maximum absolute atomic E-state index is 11.8. The monoisotopic (exact) mass is 251 g/mol. The first-order valence-corrected chi connectivity index (χ1v) is 6.37. The van der Waals surface area contributed by atoms with Gasteiger partial charge in [0, 0.05) is 6.04 Å². The summed E-state index contributed by atoms with van der Waals surface area (Å²) in [6.45, 7) is 0. The van der Waals surface area contributed by atoms with Crippen molar-refractivity contribution in [1.29, 1.82) is 0 Å². The van der Waals surface area contributed by atoms with E-state index >= 15 is 0 Å². The molecule has 2 N–H and O–H groups in total. The molecule has 0 spiro atoms. The van der Waals surface area contributed by atoms with Crippen LogP contribution in [0, 0.1) is 0 Å². The van der Waals surface area contributed by atoms with Crippen LogP contribution >= 0.6 is 12.6 Å². The van der Waals surface area contributed by atoms with Crippen molar-refractivity contribution in [3.63, 3.8) is 0 Å². The molecule has 3 nitrogen and oxygen atoms in total. The largest absolute Gasteiger partial charge is 0.393 e. The lowest BCUT2D eigenvalue weighted by molar-refractivity contribution is -0.122. The molecule has 1 unspecified atom stereocenters. The lowest BCUT2D eigenvalue weighted by Gasteiger charge is -2.32. The van der Waals surface area contributed by atoms with Gasteiger partial charge >= 0.3 is 0 Å². The molecule has 1 fully saturated rings. The normalized spacial score (nSPS) is 24.8. The van der Waals surface area contributed by atoms with Crippen LogP contribution in [-0.2, 0) is 11.2 Å². The summed E-state index contributed by atoms with van der Waals surface area (Å²) < 4.78 is 0. The van der Waals surface area contributed by atoms with Crippen molar-refractivity contribution in [1.82, 2.24) is 5.32 Å². The van der Waals surface area contributed by atoms with Gasteiger partial charge in [-0.2, -0.15) is 12.6 Å². The average Bonchev–Trinajstić information content (AvgIpc) is 2.28. The third-order valence-corrected chi connectivity index (χ3v) is 3.45. The Morgan fingerprint density at radius 1 is 1.41 bits per heavy atom. The number of benzene rings is 1. The maximum Gasteiger partial charge on any atom is 0.233 e. The Morgan fingerprint density at radius 2 is 2.06 bits per heavy atom. The van der Waals surface area contributed by atoms with Crippen molar-refractivity contribution in [3.8, 4) is 0 Å². The summed E-state index contributed by atoms with van der Waals surface area (Å²) in [5, 5.41) is 11.7. The predicted octanol–water partition coefficient (Wildman–Crippen LogP) is 1.17. The number of thiol groups is 1. The van der Waals surface area contributed by atoms with E-state index in [1.807, 2.05) is 30.3 Å². The van der Waals surface area contributed by atoms with Gasteiger partial charge in [0.1, 0.15) is 0 Å². The van der Waals surface area contributed by atoms with Crippen LogP contribution < -0.4 is 5.32 Å². The number of rotatable bonds is 4. The molecule has 1 aromatic rings. The number of carbonyl (C=O) groups is 1. The van der Waals surface area contributed by atoms with Crippen LogP contribution in [0.2, 0.25) is 0 Å². The van der Waals surface area contributed by atoms with Crippen molar-refractivity contribution in [2.45, 2.75) is 36.7 Å². The molecule has 1 aliphatic rings. The Kier molecular flexibility index (Phi) is 4.07. The molecule has 17 heavy (non-hydrogen) atoms. The van der Waals surface area contributed by atoms with Gasteiger partial charge in [-0.05, 0) is 24.8 Å². The second kappa shape index (κ2) is 5.56. The number of aliphatic hydroxyl groups excluding tert-OH is 1. The van der Waals surface area contributed by atoms with E-state index in [9.17, 15) is 4.79 Å². The van der Waals surface area contributed by atoms with Gasteiger partial charge in [0.05, 0.1) is 11.4 Å². The topological polar surface area (TPSA) is 49.3 Å². The van der Waals surface area contributed by atoms with Crippen LogP contribution in [0.25, 0.3) is 0 Å². The first kappa shape index (κ1) is 12.5. The van der Waals surface area contributed by atoms with Gasteiger partial charge in [0.2, 0.25) is 5.91 Å². The van der Waals surface area contributed by atoms with Crippen molar-refractivity contribution in [3.05, 3.63) is 35.9 Å². The number of carbonyl (C=O) groups excluding carboxylic acids is 1. The standard InChI is InChI=1S/C13H17NO2S/c15-11-7-10(8-11)14-13(16)12(17)6-9-4-2-1-3-5-9/h1-5,10-12,15,17H,6-8H2,(H,14,16). The Hall–Kier alpha value is -1.00. The van der Waals surface area contributed by atoms with E-state index in [2.05, 4.69) is 17.9 Å². The SMILES string of the molecule is O=C(NC1CC(O)C1)C(S)Cc1ccccc1. The average molecular weight is 251 g/mol. The van der Waals surface area contributed by atoms with E-state index in [0.29, 0.717) is 19.3 Å². The molecule has 1 saturated carbocycles. The number of amides is 1. The van der Waals surface area contributed by atoms with E-state index in [1.54, 1.807) is 0 Å². The summed E-state index contributed by atoms with van der Waals surface area (Å²) in [6.07, 6.45) is 1.72. The fourth-order valence-corrected chi connectivity index (χ4v) is 2.22. The number of nitrogens with one attached hydrogen (secondary N) is 1. The van der Waals surface area contributed by atoms with E-state index in [-0.39, 0.29) is 23.3 Å². The van der Waals surface area contributed by atoms with Crippen molar-refractivity contribution in [2.24, 2.45) is 0 Å². The summed E-state index contributed by atoms with van der Waals surface area (Å²) in [5.41, 5.74) is 1.11. The van der Waals surface area contributed by atoms with E-state index in [1.165, 1.54) is 0 Å². The molecule has 0 radical (unpaired) electrons. The Balaban J connectivity index is 1.79. The van der Waals surface area contributed by atoms with Gasteiger partial charge < -0.3 is 10.4 Å². The summed E-state index contributed by atoms with van der Waals surface area (Å²) in [5.74, 6) is -0.0471. The molecule has 4 heteroatoms. The first-order valence-electron chi connectivity index (χ1n) is 5.85. The zero-order valence-corrected chi connectivity index (χ0v) is 10.4. The summed E-state index contributed by atoms with van der Waals surface area (Å²) in [7, 11) is 0. The van der Waals surface area contributed by atoms with Gasteiger partial charge in [0.15, 0.2) is 0 Å². The zero-order chi connectivity index (χ0) is 12.3. The maximum atomic E-state index is 11.8. The van der Waals surface area contributed by atoms with Gasteiger partial charge in [0.25, 0.3) is 0 Å². The van der Waals surface area contributed by atoms with Crippen LogP contribution in [0.5, 0.6) is 0 Å². The van der Waals surface area contributed by atoms with Crippen LogP contribution in [0.1, 0.15) is 18.4 Å². The number of hydrogen-bond acceptors (Lipinski definition) is 3. The highest BCUT2D eigenvalue weighted by molar-refractivity contribution is 7.81. The molecule has 0 bridgehead atoms. The third kappa shape index (κ3) is 3.48. The molecule has 0 heterocycles. The molecule has 92 valence electrons. The van der Waals surface area contributed by atoms with Crippen molar-refractivity contribution < 1.29 is 9.90 Å². The van der Waals surface area contributed by atoms with Gasteiger partial charge in [-0.15, -0.1) is 0 Å². The quantitative estimate of drug-likeness (QED) is 0.704. The predicted molar refractivity (Wildman–Crippen MR) is 70.1 cm³/mol. The van der Waals surface area contributed by atoms with Crippen molar-refractivity contribution in [2.75, 3.05) is 0 Å². The van der Waals surface area contributed by atoms with Crippen LogP contribution in [0.4, 0.5) is 0 Å². The van der Waals surface area contributed by atoms with Crippen molar-refractivity contribution >= 4 is 18.5 Å².